The topological polar surface area (TPSA) is 89.5 Å². The quantitative estimate of drug-likeness (QED) is 0.497. The van der Waals surface area contributed by atoms with E-state index < -0.39 is 0 Å². The molecule has 0 saturated heterocycles. The molecular formula is C18H19N3O3. The highest BCUT2D eigenvalue weighted by molar-refractivity contribution is 6.13. The van der Waals surface area contributed by atoms with Crippen LogP contribution in [-0.4, -0.2) is 22.3 Å². The number of para-hydroxylation sites is 1. The SMILES string of the molecule is CCCOc1cccc(NC(=O)c2cccc3c2ccn3N)c1O. The van der Waals surface area contributed by atoms with Gasteiger partial charge in [0.15, 0.2) is 11.5 Å². The number of nitrogens with zero attached hydrogens (tertiary/aromatic N) is 1. The molecule has 0 radical (unpaired) electrons. The van der Waals surface area contributed by atoms with Crippen LogP contribution < -0.4 is 15.9 Å². The Bertz CT molecular complexity index is 886. The zero-order valence-corrected chi connectivity index (χ0v) is 13.3. The number of benzene rings is 2. The van der Waals surface area contributed by atoms with Gasteiger partial charge >= 0.3 is 0 Å². The van der Waals surface area contributed by atoms with Gasteiger partial charge in [-0.15, -0.1) is 0 Å². The van der Waals surface area contributed by atoms with Crippen LogP contribution in [0.5, 0.6) is 11.5 Å². The second-order valence-electron chi connectivity index (χ2n) is 5.42. The first-order chi connectivity index (χ1) is 11.6. The summed E-state index contributed by atoms with van der Waals surface area (Å²) in [6, 6.07) is 12.1. The first-order valence-electron chi connectivity index (χ1n) is 7.73. The number of anilines is 1. The number of ether oxygens (including phenoxy) is 1. The van der Waals surface area contributed by atoms with Crippen LogP contribution >= 0.6 is 0 Å². The predicted octanol–water partition coefficient (Wildman–Crippen LogP) is 3.10. The van der Waals surface area contributed by atoms with Gasteiger partial charge in [-0.3, -0.25) is 9.47 Å². The summed E-state index contributed by atoms with van der Waals surface area (Å²) in [6.45, 7) is 2.47. The van der Waals surface area contributed by atoms with E-state index in [1.807, 2.05) is 13.0 Å². The Morgan fingerprint density at radius 1 is 1.25 bits per heavy atom. The maximum absolute atomic E-state index is 12.6. The van der Waals surface area contributed by atoms with Gasteiger partial charge < -0.3 is 21.0 Å². The minimum atomic E-state index is -0.324. The lowest BCUT2D eigenvalue weighted by molar-refractivity contribution is 0.102. The van der Waals surface area contributed by atoms with Gasteiger partial charge in [0.2, 0.25) is 0 Å². The van der Waals surface area contributed by atoms with E-state index in [-0.39, 0.29) is 11.7 Å². The third kappa shape index (κ3) is 2.86. The first kappa shape index (κ1) is 15.7. The third-order valence-electron chi connectivity index (χ3n) is 3.72. The van der Waals surface area contributed by atoms with Crippen LogP contribution in [0.2, 0.25) is 0 Å². The number of fused-ring (bicyclic) bond motifs is 1. The van der Waals surface area contributed by atoms with Gasteiger partial charge in [-0.1, -0.05) is 19.1 Å². The molecule has 0 bridgehead atoms. The van der Waals surface area contributed by atoms with Crippen molar-refractivity contribution in [1.82, 2.24) is 4.68 Å². The standard InChI is InChI=1S/C18H19N3O3/c1-2-11-24-16-8-4-6-14(17(16)22)20-18(23)13-5-3-7-15-12(13)9-10-21(15)19/h3-10,22H,2,11,19H2,1H3,(H,20,23). The summed E-state index contributed by atoms with van der Waals surface area (Å²) in [5.74, 6) is 5.76. The summed E-state index contributed by atoms with van der Waals surface area (Å²) >= 11 is 0. The number of phenolic OH excluding ortho intramolecular Hbond substituents is 1. The molecule has 6 heteroatoms. The van der Waals surface area contributed by atoms with Crippen LogP contribution in [0.15, 0.2) is 48.7 Å². The average molecular weight is 325 g/mol. The van der Waals surface area contributed by atoms with Crippen molar-refractivity contribution in [3.8, 4) is 11.5 Å². The molecule has 0 unspecified atom stereocenters. The highest BCUT2D eigenvalue weighted by Crippen LogP contribution is 2.34. The lowest BCUT2D eigenvalue weighted by atomic mass is 10.1. The number of hydrogen-bond acceptors (Lipinski definition) is 4. The van der Waals surface area contributed by atoms with E-state index in [1.54, 1.807) is 42.6 Å². The number of rotatable bonds is 5. The number of hydrogen-bond donors (Lipinski definition) is 3. The van der Waals surface area contributed by atoms with E-state index in [1.165, 1.54) is 4.68 Å². The highest BCUT2D eigenvalue weighted by atomic mass is 16.5. The van der Waals surface area contributed by atoms with Crippen molar-refractivity contribution in [2.75, 3.05) is 17.8 Å². The van der Waals surface area contributed by atoms with Crippen LogP contribution in [-0.2, 0) is 0 Å². The van der Waals surface area contributed by atoms with E-state index >= 15 is 0 Å². The maximum Gasteiger partial charge on any atom is 0.256 e. The molecule has 1 amide bonds. The fourth-order valence-electron chi connectivity index (χ4n) is 2.53. The Hall–Kier alpha value is -3.15. The number of carbonyl (C=O) groups is 1. The Morgan fingerprint density at radius 2 is 2.04 bits per heavy atom. The molecule has 6 nitrogen and oxygen atoms in total. The number of nitrogen functional groups attached to an aromatic ring is 1. The normalized spacial score (nSPS) is 10.7. The smallest absolute Gasteiger partial charge is 0.256 e. The number of aromatic nitrogens is 1. The molecule has 1 heterocycles. The summed E-state index contributed by atoms with van der Waals surface area (Å²) in [4.78, 5) is 12.6. The highest BCUT2D eigenvalue weighted by Gasteiger charge is 2.15. The van der Waals surface area contributed by atoms with Crippen LogP contribution in [0.25, 0.3) is 10.9 Å². The number of nitrogens with one attached hydrogen (secondary N) is 1. The largest absolute Gasteiger partial charge is 0.503 e. The summed E-state index contributed by atoms with van der Waals surface area (Å²) in [6.07, 6.45) is 2.52. The Labute approximate surface area is 139 Å². The lowest BCUT2D eigenvalue weighted by Crippen LogP contribution is -2.13. The molecule has 0 aliphatic carbocycles. The second-order valence-corrected chi connectivity index (χ2v) is 5.42. The molecule has 0 aliphatic heterocycles. The van der Waals surface area contributed by atoms with Crippen LogP contribution in [0, 0.1) is 0 Å². The zero-order chi connectivity index (χ0) is 17.1. The van der Waals surface area contributed by atoms with E-state index in [9.17, 15) is 9.90 Å². The van der Waals surface area contributed by atoms with Gasteiger partial charge in [0.05, 0.1) is 17.8 Å². The number of phenols is 1. The van der Waals surface area contributed by atoms with Crippen molar-refractivity contribution in [3.05, 3.63) is 54.2 Å². The monoisotopic (exact) mass is 325 g/mol. The summed E-state index contributed by atoms with van der Waals surface area (Å²) in [7, 11) is 0. The van der Waals surface area contributed by atoms with Crippen molar-refractivity contribution in [2.45, 2.75) is 13.3 Å². The van der Waals surface area contributed by atoms with E-state index in [2.05, 4.69) is 5.32 Å². The summed E-state index contributed by atoms with van der Waals surface area (Å²) in [5.41, 5.74) is 1.54. The average Bonchev–Trinajstić information content (AvgIpc) is 2.97. The molecule has 4 N–H and O–H groups in total. The van der Waals surface area contributed by atoms with E-state index in [0.717, 1.165) is 17.3 Å². The number of carbonyl (C=O) groups excluding carboxylic acids is 1. The molecule has 0 saturated carbocycles. The van der Waals surface area contributed by atoms with Crippen LogP contribution in [0.1, 0.15) is 23.7 Å². The lowest BCUT2D eigenvalue weighted by Gasteiger charge is -2.12. The Kier molecular flexibility index (Phi) is 4.29. The molecule has 24 heavy (non-hydrogen) atoms. The first-order valence-corrected chi connectivity index (χ1v) is 7.73. The van der Waals surface area contributed by atoms with Crippen LogP contribution in [0.3, 0.4) is 0 Å². The molecule has 0 fully saturated rings. The number of amides is 1. The minimum absolute atomic E-state index is 0.0807. The predicted molar refractivity (Wildman–Crippen MR) is 93.9 cm³/mol. The van der Waals surface area contributed by atoms with E-state index in [0.29, 0.717) is 23.6 Å². The zero-order valence-electron chi connectivity index (χ0n) is 13.3. The molecule has 3 rings (SSSR count). The van der Waals surface area contributed by atoms with Gasteiger partial charge in [0.25, 0.3) is 5.91 Å². The van der Waals surface area contributed by atoms with Gasteiger partial charge in [-0.05, 0) is 36.8 Å². The molecule has 124 valence electrons. The molecule has 2 aromatic carbocycles. The second kappa shape index (κ2) is 6.54. The fraction of sp³-hybridized carbons (Fsp3) is 0.167. The Balaban J connectivity index is 1.89. The molecule has 1 aromatic heterocycles. The van der Waals surface area contributed by atoms with Crippen molar-refractivity contribution >= 4 is 22.5 Å². The van der Waals surface area contributed by atoms with Gasteiger partial charge in [0.1, 0.15) is 0 Å². The maximum atomic E-state index is 12.6. The summed E-state index contributed by atoms with van der Waals surface area (Å²) < 4.78 is 6.93. The van der Waals surface area contributed by atoms with Gasteiger partial charge in [-0.25, -0.2) is 0 Å². The van der Waals surface area contributed by atoms with Gasteiger partial charge in [-0.2, -0.15) is 0 Å². The molecule has 0 spiro atoms. The van der Waals surface area contributed by atoms with Crippen molar-refractivity contribution in [1.29, 1.82) is 0 Å². The fourth-order valence-corrected chi connectivity index (χ4v) is 2.53. The Morgan fingerprint density at radius 3 is 2.83 bits per heavy atom. The van der Waals surface area contributed by atoms with Crippen molar-refractivity contribution in [3.63, 3.8) is 0 Å². The molecular weight excluding hydrogens is 306 g/mol. The van der Waals surface area contributed by atoms with E-state index in [4.69, 9.17) is 10.6 Å². The molecule has 3 aromatic rings. The summed E-state index contributed by atoms with van der Waals surface area (Å²) in [5, 5.41) is 13.7. The molecule has 0 aliphatic rings. The minimum Gasteiger partial charge on any atom is -0.503 e. The van der Waals surface area contributed by atoms with Gasteiger partial charge in [0, 0.05) is 17.1 Å². The van der Waals surface area contributed by atoms with Crippen molar-refractivity contribution in [2.24, 2.45) is 0 Å². The number of aromatic hydroxyl groups is 1. The number of nitrogens with two attached hydrogens (primary N) is 1. The van der Waals surface area contributed by atoms with Crippen molar-refractivity contribution < 1.29 is 14.6 Å². The third-order valence-corrected chi connectivity index (χ3v) is 3.72. The van der Waals surface area contributed by atoms with Crippen LogP contribution in [0.4, 0.5) is 5.69 Å². The molecule has 0 atom stereocenters.